The van der Waals surface area contributed by atoms with Gasteiger partial charge in [0.15, 0.2) is 0 Å². The SMILES string of the molecule is Cc1ccc(C(N)C(=O)N2CCN(c3cccc(C)c3)CC2)cc1. The van der Waals surface area contributed by atoms with Gasteiger partial charge in [0, 0.05) is 31.9 Å². The number of benzene rings is 2. The highest BCUT2D eigenvalue weighted by Crippen LogP contribution is 2.20. The number of nitrogens with two attached hydrogens (primary N) is 1. The number of carbonyl (C=O) groups excluding carboxylic acids is 1. The standard InChI is InChI=1S/C20H25N3O/c1-15-6-8-17(9-7-15)19(21)20(24)23-12-10-22(11-13-23)18-5-3-4-16(2)14-18/h3-9,14,19H,10-13,21H2,1-2H3. The molecule has 0 bridgehead atoms. The Morgan fingerprint density at radius 1 is 0.958 bits per heavy atom. The van der Waals surface area contributed by atoms with Crippen LogP contribution in [0.4, 0.5) is 5.69 Å². The van der Waals surface area contributed by atoms with Gasteiger partial charge in [-0.3, -0.25) is 4.79 Å². The zero-order valence-electron chi connectivity index (χ0n) is 14.4. The first-order chi connectivity index (χ1) is 11.5. The van der Waals surface area contributed by atoms with Crippen LogP contribution >= 0.6 is 0 Å². The van der Waals surface area contributed by atoms with Gasteiger partial charge < -0.3 is 15.5 Å². The first-order valence-electron chi connectivity index (χ1n) is 8.47. The molecule has 0 aromatic heterocycles. The van der Waals surface area contributed by atoms with Crippen LogP contribution in [0.25, 0.3) is 0 Å². The fourth-order valence-electron chi connectivity index (χ4n) is 3.12. The molecule has 1 aliphatic heterocycles. The van der Waals surface area contributed by atoms with Crippen LogP contribution in [0.1, 0.15) is 22.7 Å². The number of rotatable bonds is 3. The van der Waals surface area contributed by atoms with Gasteiger partial charge in [0.2, 0.25) is 5.91 Å². The monoisotopic (exact) mass is 323 g/mol. The van der Waals surface area contributed by atoms with Crippen molar-refractivity contribution in [1.82, 2.24) is 4.90 Å². The Morgan fingerprint density at radius 3 is 2.25 bits per heavy atom. The zero-order valence-corrected chi connectivity index (χ0v) is 14.4. The van der Waals surface area contributed by atoms with Gasteiger partial charge in [-0.15, -0.1) is 0 Å². The first-order valence-corrected chi connectivity index (χ1v) is 8.47. The van der Waals surface area contributed by atoms with Crippen molar-refractivity contribution in [2.75, 3.05) is 31.1 Å². The summed E-state index contributed by atoms with van der Waals surface area (Å²) in [7, 11) is 0. The van der Waals surface area contributed by atoms with E-state index < -0.39 is 6.04 Å². The third kappa shape index (κ3) is 3.60. The van der Waals surface area contributed by atoms with E-state index in [0.717, 1.165) is 18.7 Å². The van der Waals surface area contributed by atoms with E-state index >= 15 is 0 Å². The molecule has 2 N–H and O–H groups in total. The maximum Gasteiger partial charge on any atom is 0.244 e. The molecular weight excluding hydrogens is 298 g/mol. The van der Waals surface area contributed by atoms with Crippen molar-refractivity contribution in [2.45, 2.75) is 19.9 Å². The van der Waals surface area contributed by atoms with Crippen molar-refractivity contribution in [3.63, 3.8) is 0 Å². The average Bonchev–Trinajstić information content (AvgIpc) is 2.61. The van der Waals surface area contributed by atoms with Crippen molar-refractivity contribution in [2.24, 2.45) is 5.73 Å². The van der Waals surface area contributed by atoms with Crippen LogP contribution in [0, 0.1) is 13.8 Å². The quantitative estimate of drug-likeness (QED) is 0.945. The third-order valence-electron chi connectivity index (χ3n) is 4.66. The van der Waals surface area contributed by atoms with Crippen LogP contribution in [0.5, 0.6) is 0 Å². The van der Waals surface area contributed by atoms with Gasteiger partial charge >= 0.3 is 0 Å². The van der Waals surface area contributed by atoms with E-state index in [1.165, 1.54) is 16.8 Å². The summed E-state index contributed by atoms with van der Waals surface area (Å²) in [5.41, 5.74) is 10.7. The molecule has 0 aliphatic carbocycles. The summed E-state index contributed by atoms with van der Waals surface area (Å²) in [4.78, 5) is 16.9. The Labute approximate surface area is 143 Å². The van der Waals surface area contributed by atoms with E-state index in [0.29, 0.717) is 13.1 Å². The molecule has 3 rings (SSSR count). The molecule has 2 aromatic carbocycles. The van der Waals surface area contributed by atoms with E-state index in [-0.39, 0.29) is 5.91 Å². The molecule has 1 fully saturated rings. The number of nitrogens with zero attached hydrogens (tertiary/aromatic N) is 2. The van der Waals surface area contributed by atoms with Gasteiger partial charge in [-0.1, -0.05) is 42.0 Å². The molecule has 1 amide bonds. The summed E-state index contributed by atoms with van der Waals surface area (Å²) in [5.74, 6) is 0.0164. The van der Waals surface area contributed by atoms with Gasteiger partial charge in [-0.25, -0.2) is 0 Å². The molecule has 2 aromatic rings. The zero-order chi connectivity index (χ0) is 17.1. The second-order valence-electron chi connectivity index (χ2n) is 6.54. The number of amides is 1. The highest BCUT2D eigenvalue weighted by atomic mass is 16.2. The molecule has 0 saturated carbocycles. The number of piperazine rings is 1. The lowest BCUT2D eigenvalue weighted by molar-refractivity contribution is -0.133. The number of anilines is 1. The molecule has 1 saturated heterocycles. The average molecular weight is 323 g/mol. The summed E-state index contributed by atoms with van der Waals surface area (Å²) < 4.78 is 0. The maximum absolute atomic E-state index is 12.7. The number of hydrogen-bond acceptors (Lipinski definition) is 3. The minimum absolute atomic E-state index is 0.0164. The second-order valence-corrected chi connectivity index (χ2v) is 6.54. The molecular formula is C20H25N3O. The highest BCUT2D eigenvalue weighted by Gasteiger charge is 2.26. The summed E-state index contributed by atoms with van der Waals surface area (Å²) in [6.07, 6.45) is 0. The van der Waals surface area contributed by atoms with E-state index in [1.54, 1.807) is 0 Å². The molecule has 4 nitrogen and oxygen atoms in total. The predicted molar refractivity (Wildman–Crippen MR) is 98.1 cm³/mol. The molecule has 1 aliphatic rings. The Hall–Kier alpha value is -2.33. The Kier molecular flexibility index (Phi) is 4.86. The fourth-order valence-corrected chi connectivity index (χ4v) is 3.12. The lowest BCUT2D eigenvalue weighted by Crippen LogP contribution is -2.51. The molecule has 1 heterocycles. The summed E-state index contributed by atoms with van der Waals surface area (Å²) in [6, 6.07) is 15.8. The smallest absolute Gasteiger partial charge is 0.244 e. The normalized spacial score (nSPS) is 16.1. The topological polar surface area (TPSA) is 49.6 Å². The number of aryl methyl sites for hydroxylation is 2. The van der Waals surface area contributed by atoms with E-state index in [9.17, 15) is 4.79 Å². The van der Waals surface area contributed by atoms with Crippen molar-refractivity contribution in [3.05, 3.63) is 65.2 Å². The third-order valence-corrected chi connectivity index (χ3v) is 4.66. The van der Waals surface area contributed by atoms with Crippen LogP contribution in [-0.4, -0.2) is 37.0 Å². The Bertz CT molecular complexity index is 703. The number of carbonyl (C=O) groups is 1. The minimum atomic E-state index is -0.573. The van der Waals surface area contributed by atoms with Gasteiger partial charge in [-0.05, 0) is 37.1 Å². The van der Waals surface area contributed by atoms with Gasteiger partial charge in [0.05, 0.1) is 0 Å². The van der Waals surface area contributed by atoms with Crippen molar-refractivity contribution in [3.8, 4) is 0 Å². The second kappa shape index (κ2) is 7.05. The van der Waals surface area contributed by atoms with E-state index in [2.05, 4.69) is 36.1 Å². The molecule has 126 valence electrons. The molecule has 24 heavy (non-hydrogen) atoms. The predicted octanol–water partition coefficient (Wildman–Crippen LogP) is 2.65. The molecule has 1 atom stereocenters. The largest absolute Gasteiger partial charge is 0.368 e. The molecule has 0 spiro atoms. The maximum atomic E-state index is 12.7. The van der Waals surface area contributed by atoms with E-state index in [4.69, 9.17) is 5.73 Å². The summed E-state index contributed by atoms with van der Waals surface area (Å²) >= 11 is 0. The highest BCUT2D eigenvalue weighted by molar-refractivity contribution is 5.83. The van der Waals surface area contributed by atoms with Crippen molar-refractivity contribution < 1.29 is 4.79 Å². The lowest BCUT2D eigenvalue weighted by atomic mass is 10.0. The van der Waals surface area contributed by atoms with Gasteiger partial charge in [-0.2, -0.15) is 0 Å². The van der Waals surface area contributed by atoms with Crippen molar-refractivity contribution >= 4 is 11.6 Å². The fraction of sp³-hybridized carbons (Fsp3) is 0.350. The van der Waals surface area contributed by atoms with Crippen LogP contribution in [0.15, 0.2) is 48.5 Å². The molecule has 0 radical (unpaired) electrons. The first kappa shape index (κ1) is 16.5. The Morgan fingerprint density at radius 2 is 1.62 bits per heavy atom. The Balaban J connectivity index is 1.61. The van der Waals surface area contributed by atoms with Crippen LogP contribution in [0.2, 0.25) is 0 Å². The van der Waals surface area contributed by atoms with Gasteiger partial charge in [0.1, 0.15) is 6.04 Å². The van der Waals surface area contributed by atoms with Crippen LogP contribution < -0.4 is 10.6 Å². The van der Waals surface area contributed by atoms with Crippen LogP contribution in [0.3, 0.4) is 0 Å². The minimum Gasteiger partial charge on any atom is -0.368 e. The summed E-state index contributed by atoms with van der Waals surface area (Å²) in [6.45, 7) is 7.25. The van der Waals surface area contributed by atoms with E-state index in [1.807, 2.05) is 36.1 Å². The molecule has 4 heteroatoms. The summed E-state index contributed by atoms with van der Waals surface area (Å²) in [5, 5.41) is 0. The number of hydrogen-bond donors (Lipinski definition) is 1. The lowest BCUT2D eigenvalue weighted by Gasteiger charge is -2.37. The molecule has 1 unspecified atom stereocenters. The van der Waals surface area contributed by atoms with Crippen LogP contribution in [-0.2, 0) is 4.79 Å². The van der Waals surface area contributed by atoms with Crippen molar-refractivity contribution in [1.29, 1.82) is 0 Å². The van der Waals surface area contributed by atoms with Gasteiger partial charge in [0.25, 0.3) is 0 Å².